The highest BCUT2D eigenvalue weighted by Crippen LogP contribution is 2.21. The minimum Gasteiger partial charge on any atom is -0.383 e. The van der Waals surface area contributed by atoms with Gasteiger partial charge in [-0.1, -0.05) is 30.3 Å². The lowest BCUT2D eigenvalue weighted by Gasteiger charge is -2.21. The summed E-state index contributed by atoms with van der Waals surface area (Å²) in [5.74, 6) is -0.0536. The van der Waals surface area contributed by atoms with E-state index in [2.05, 4.69) is 4.98 Å². The number of methoxy groups -OCH3 is 1. The number of aryl methyl sites for hydroxylation is 1. The maximum absolute atomic E-state index is 12.9. The minimum atomic E-state index is -0.0536. The molecule has 0 unspecified atom stereocenters. The quantitative estimate of drug-likeness (QED) is 0.780. The van der Waals surface area contributed by atoms with E-state index in [4.69, 9.17) is 4.74 Å². The van der Waals surface area contributed by atoms with Gasteiger partial charge in [-0.15, -0.1) is 0 Å². The lowest BCUT2D eigenvalue weighted by Crippen LogP contribution is -2.34. The number of ether oxygens (including phenoxy) is 1. The molecule has 2 aromatic carbocycles. The van der Waals surface area contributed by atoms with Crippen LogP contribution in [0.3, 0.4) is 0 Å². The third kappa shape index (κ3) is 3.27. The zero-order valence-corrected chi connectivity index (χ0v) is 13.4. The fourth-order valence-electron chi connectivity index (χ4n) is 2.64. The van der Waals surface area contributed by atoms with Gasteiger partial charge < -0.3 is 14.6 Å². The molecule has 0 radical (unpaired) electrons. The lowest BCUT2D eigenvalue weighted by molar-refractivity contribution is 0.0972. The number of aromatic amines is 1. The highest BCUT2D eigenvalue weighted by Gasteiger charge is 2.19. The van der Waals surface area contributed by atoms with Crippen LogP contribution in [0, 0.1) is 6.92 Å². The molecule has 0 saturated heterocycles. The number of aromatic nitrogens is 1. The average Bonchev–Trinajstić information content (AvgIpc) is 2.99. The van der Waals surface area contributed by atoms with Crippen molar-refractivity contribution in [1.29, 1.82) is 0 Å². The van der Waals surface area contributed by atoms with Gasteiger partial charge in [0.1, 0.15) is 5.69 Å². The highest BCUT2D eigenvalue weighted by molar-refractivity contribution is 6.07. The molecule has 4 nitrogen and oxygen atoms in total. The Hall–Kier alpha value is -2.59. The van der Waals surface area contributed by atoms with Crippen LogP contribution < -0.4 is 4.90 Å². The zero-order valence-electron chi connectivity index (χ0n) is 13.4. The molecule has 0 aliphatic carbocycles. The average molecular weight is 308 g/mol. The lowest BCUT2D eigenvalue weighted by atomic mass is 10.2. The number of hydrogen-bond acceptors (Lipinski definition) is 2. The Bertz CT molecular complexity index is 809. The Balaban J connectivity index is 1.95. The number of rotatable bonds is 5. The van der Waals surface area contributed by atoms with Crippen molar-refractivity contribution in [3.05, 3.63) is 65.9 Å². The number of carbonyl (C=O) groups excluding carboxylic acids is 1. The van der Waals surface area contributed by atoms with E-state index in [-0.39, 0.29) is 5.91 Å². The molecule has 1 aromatic heterocycles. The molecule has 0 spiro atoms. The second kappa shape index (κ2) is 6.67. The summed E-state index contributed by atoms with van der Waals surface area (Å²) in [5, 5.41) is 1.04. The monoisotopic (exact) mass is 308 g/mol. The molecule has 1 heterocycles. The number of nitrogens with zero attached hydrogens (tertiary/aromatic N) is 1. The number of hydrogen-bond donors (Lipinski definition) is 1. The number of benzene rings is 2. The van der Waals surface area contributed by atoms with Crippen LogP contribution in [0.1, 0.15) is 16.1 Å². The van der Waals surface area contributed by atoms with E-state index < -0.39 is 0 Å². The van der Waals surface area contributed by atoms with Crippen LogP contribution in [0.5, 0.6) is 0 Å². The summed E-state index contributed by atoms with van der Waals surface area (Å²) in [6, 6.07) is 17.7. The smallest absolute Gasteiger partial charge is 0.274 e. The van der Waals surface area contributed by atoms with Crippen LogP contribution >= 0.6 is 0 Å². The van der Waals surface area contributed by atoms with Crippen molar-refractivity contribution < 1.29 is 9.53 Å². The zero-order chi connectivity index (χ0) is 16.2. The maximum atomic E-state index is 12.9. The Kier molecular flexibility index (Phi) is 4.44. The number of carbonyl (C=O) groups is 1. The van der Waals surface area contributed by atoms with Crippen LogP contribution in [0.15, 0.2) is 54.6 Å². The molecule has 23 heavy (non-hydrogen) atoms. The normalized spacial score (nSPS) is 10.9. The Labute approximate surface area is 135 Å². The number of para-hydroxylation sites is 1. The van der Waals surface area contributed by atoms with Crippen molar-refractivity contribution in [1.82, 2.24) is 4.98 Å². The van der Waals surface area contributed by atoms with Crippen LogP contribution in [-0.2, 0) is 4.74 Å². The molecule has 4 heteroatoms. The molecule has 0 fully saturated rings. The van der Waals surface area contributed by atoms with E-state index in [1.807, 2.05) is 61.5 Å². The number of anilines is 1. The van der Waals surface area contributed by atoms with Crippen LogP contribution in [0.2, 0.25) is 0 Å². The SMILES string of the molecule is COCCN(C(=O)c1cc2ccc(C)cc2[nH]1)c1ccccc1. The number of H-pyrrole nitrogens is 1. The molecule has 3 aromatic rings. The summed E-state index contributed by atoms with van der Waals surface area (Å²) in [7, 11) is 1.64. The van der Waals surface area contributed by atoms with E-state index in [0.29, 0.717) is 18.8 Å². The fourth-order valence-corrected chi connectivity index (χ4v) is 2.64. The predicted octanol–water partition coefficient (Wildman–Crippen LogP) is 3.77. The summed E-state index contributed by atoms with van der Waals surface area (Å²) in [6.45, 7) is 3.03. The summed E-state index contributed by atoms with van der Waals surface area (Å²) >= 11 is 0. The van der Waals surface area contributed by atoms with Gasteiger partial charge in [-0.05, 0) is 36.8 Å². The standard InChI is InChI=1S/C19H20N2O2/c1-14-8-9-15-13-18(20-17(15)12-14)19(22)21(10-11-23-2)16-6-4-3-5-7-16/h3-9,12-13,20H,10-11H2,1-2H3. The van der Waals surface area contributed by atoms with E-state index in [0.717, 1.165) is 22.2 Å². The molecule has 1 amide bonds. The van der Waals surface area contributed by atoms with Gasteiger partial charge in [-0.3, -0.25) is 4.79 Å². The molecule has 0 atom stereocenters. The summed E-state index contributed by atoms with van der Waals surface area (Å²) in [4.78, 5) is 17.9. The van der Waals surface area contributed by atoms with Crippen LogP contribution in [-0.4, -0.2) is 31.2 Å². The van der Waals surface area contributed by atoms with E-state index in [1.165, 1.54) is 0 Å². The third-order valence-electron chi connectivity index (χ3n) is 3.84. The largest absolute Gasteiger partial charge is 0.383 e. The molecule has 0 saturated carbocycles. The van der Waals surface area contributed by atoms with Crippen molar-refractivity contribution in [2.75, 3.05) is 25.2 Å². The summed E-state index contributed by atoms with van der Waals surface area (Å²) < 4.78 is 5.15. The first kappa shape index (κ1) is 15.3. The third-order valence-corrected chi connectivity index (χ3v) is 3.84. The van der Waals surface area contributed by atoms with Crippen LogP contribution in [0.4, 0.5) is 5.69 Å². The van der Waals surface area contributed by atoms with Crippen LogP contribution in [0.25, 0.3) is 10.9 Å². The van der Waals surface area contributed by atoms with E-state index in [9.17, 15) is 4.79 Å². The second-order valence-electron chi connectivity index (χ2n) is 5.56. The minimum absolute atomic E-state index is 0.0536. The van der Waals surface area contributed by atoms with Gasteiger partial charge in [-0.25, -0.2) is 0 Å². The molecule has 1 N–H and O–H groups in total. The first-order valence-corrected chi connectivity index (χ1v) is 7.64. The van der Waals surface area contributed by atoms with E-state index in [1.54, 1.807) is 12.0 Å². The van der Waals surface area contributed by atoms with Gasteiger partial charge in [0.05, 0.1) is 6.61 Å². The second-order valence-corrected chi connectivity index (χ2v) is 5.56. The maximum Gasteiger partial charge on any atom is 0.274 e. The molecule has 118 valence electrons. The first-order chi connectivity index (χ1) is 11.2. The number of amides is 1. The van der Waals surface area contributed by atoms with Crippen molar-refractivity contribution in [3.63, 3.8) is 0 Å². The molecule has 0 bridgehead atoms. The van der Waals surface area contributed by atoms with Gasteiger partial charge in [-0.2, -0.15) is 0 Å². The number of nitrogens with one attached hydrogen (secondary N) is 1. The van der Waals surface area contributed by atoms with Gasteiger partial charge in [0, 0.05) is 30.2 Å². The Morgan fingerprint density at radius 3 is 2.65 bits per heavy atom. The highest BCUT2D eigenvalue weighted by atomic mass is 16.5. The molecule has 3 rings (SSSR count). The van der Waals surface area contributed by atoms with Gasteiger partial charge in [0.25, 0.3) is 5.91 Å². The predicted molar refractivity (Wildman–Crippen MR) is 93.0 cm³/mol. The van der Waals surface area contributed by atoms with Crippen molar-refractivity contribution in [2.45, 2.75) is 6.92 Å². The first-order valence-electron chi connectivity index (χ1n) is 7.64. The fraction of sp³-hybridized carbons (Fsp3) is 0.211. The van der Waals surface area contributed by atoms with Crippen molar-refractivity contribution >= 4 is 22.5 Å². The van der Waals surface area contributed by atoms with E-state index >= 15 is 0 Å². The number of fused-ring (bicyclic) bond motifs is 1. The Morgan fingerprint density at radius 2 is 1.91 bits per heavy atom. The van der Waals surface area contributed by atoms with Crippen molar-refractivity contribution in [3.8, 4) is 0 Å². The molecular formula is C19H20N2O2. The van der Waals surface area contributed by atoms with Gasteiger partial charge >= 0.3 is 0 Å². The van der Waals surface area contributed by atoms with Crippen molar-refractivity contribution in [2.24, 2.45) is 0 Å². The molecule has 0 aliphatic heterocycles. The molecule has 0 aliphatic rings. The summed E-state index contributed by atoms with van der Waals surface area (Å²) in [6.07, 6.45) is 0. The van der Waals surface area contributed by atoms with Gasteiger partial charge in [0.15, 0.2) is 0 Å². The Morgan fingerprint density at radius 1 is 1.13 bits per heavy atom. The topological polar surface area (TPSA) is 45.3 Å². The summed E-state index contributed by atoms with van der Waals surface area (Å²) in [5.41, 5.74) is 3.60. The van der Waals surface area contributed by atoms with Gasteiger partial charge in [0.2, 0.25) is 0 Å². The molecular weight excluding hydrogens is 288 g/mol.